The molecular weight excluding hydrogens is 350 g/mol. The Morgan fingerprint density at radius 3 is 2.56 bits per heavy atom. The number of amides is 1. The zero-order valence-electron chi connectivity index (χ0n) is 15.1. The summed E-state index contributed by atoms with van der Waals surface area (Å²) >= 11 is 0. The Morgan fingerprint density at radius 1 is 1.11 bits per heavy atom. The van der Waals surface area contributed by atoms with Gasteiger partial charge >= 0.3 is 0 Å². The van der Waals surface area contributed by atoms with Crippen LogP contribution in [-0.2, 0) is 5.54 Å². The number of hydrogen-bond acceptors (Lipinski definition) is 6. The Morgan fingerprint density at radius 2 is 1.85 bits per heavy atom. The van der Waals surface area contributed by atoms with E-state index in [-0.39, 0.29) is 11.5 Å². The largest absolute Gasteiger partial charge is 0.490 e. The van der Waals surface area contributed by atoms with E-state index in [4.69, 9.17) is 18.6 Å². The van der Waals surface area contributed by atoms with E-state index >= 15 is 0 Å². The van der Waals surface area contributed by atoms with Crippen molar-refractivity contribution in [3.05, 3.63) is 52.1 Å². The summed E-state index contributed by atoms with van der Waals surface area (Å²) in [6, 6.07) is 6.93. The third kappa shape index (κ3) is 3.25. The van der Waals surface area contributed by atoms with Gasteiger partial charge in [-0.3, -0.25) is 9.59 Å². The second-order valence-corrected chi connectivity index (χ2v) is 6.78. The Hall–Kier alpha value is -2.96. The van der Waals surface area contributed by atoms with Crippen LogP contribution in [0.3, 0.4) is 0 Å². The van der Waals surface area contributed by atoms with Gasteiger partial charge in [0, 0.05) is 6.07 Å². The molecule has 1 fully saturated rings. The lowest BCUT2D eigenvalue weighted by Gasteiger charge is -2.32. The van der Waals surface area contributed by atoms with E-state index in [1.165, 1.54) is 7.11 Å². The van der Waals surface area contributed by atoms with Crippen LogP contribution >= 0.6 is 0 Å². The Balaban J connectivity index is 1.63. The van der Waals surface area contributed by atoms with Crippen molar-refractivity contribution in [2.24, 2.45) is 0 Å². The zero-order chi connectivity index (χ0) is 18.9. The van der Waals surface area contributed by atoms with Gasteiger partial charge in [0.25, 0.3) is 5.91 Å². The summed E-state index contributed by atoms with van der Waals surface area (Å²) < 4.78 is 21.5. The Bertz CT molecular complexity index is 913. The fraction of sp³-hybridized carbons (Fsp3) is 0.400. The summed E-state index contributed by atoms with van der Waals surface area (Å²) in [7, 11) is 1.38. The lowest BCUT2D eigenvalue weighted by atomic mass is 9.87. The van der Waals surface area contributed by atoms with Gasteiger partial charge in [-0.25, -0.2) is 0 Å². The van der Waals surface area contributed by atoms with E-state index < -0.39 is 16.9 Å². The number of rotatable bonds is 4. The molecule has 2 aromatic rings. The fourth-order valence-electron chi connectivity index (χ4n) is 3.75. The molecule has 0 unspecified atom stereocenters. The van der Waals surface area contributed by atoms with Crippen LogP contribution in [0.4, 0.5) is 0 Å². The number of fused-ring (bicyclic) bond motifs is 1. The van der Waals surface area contributed by atoms with Crippen molar-refractivity contribution in [1.29, 1.82) is 0 Å². The summed E-state index contributed by atoms with van der Waals surface area (Å²) in [6.07, 6.45) is 4.77. The summed E-state index contributed by atoms with van der Waals surface area (Å²) in [6.45, 7) is 1.04. The van der Waals surface area contributed by atoms with Crippen molar-refractivity contribution in [3.8, 4) is 17.2 Å². The first kappa shape index (κ1) is 17.5. The van der Waals surface area contributed by atoms with Crippen molar-refractivity contribution >= 4 is 5.91 Å². The number of hydrogen-bond donors (Lipinski definition) is 1. The molecule has 4 rings (SSSR count). The predicted molar refractivity (Wildman–Crippen MR) is 96.6 cm³/mol. The maximum Gasteiger partial charge on any atom is 0.287 e. The monoisotopic (exact) mass is 371 g/mol. The molecule has 0 spiro atoms. The lowest BCUT2D eigenvalue weighted by Crippen LogP contribution is -2.44. The van der Waals surface area contributed by atoms with Crippen molar-refractivity contribution in [1.82, 2.24) is 5.32 Å². The number of benzene rings is 1. The van der Waals surface area contributed by atoms with Crippen LogP contribution in [0.1, 0.15) is 41.8 Å². The quantitative estimate of drug-likeness (QED) is 0.889. The van der Waals surface area contributed by atoms with Crippen molar-refractivity contribution < 1.29 is 23.4 Å². The molecule has 0 saturated heterocycles. The molecule has 27 heavy (non-hydrogen) atoms. The predicted octanol–water partition coefficient (Wildman–Crippen LogP) is 2.62. The van der Waals surface area contributed by atoms with Crippen molar-refractivity contribution in [2.75, 3.05) is 20.3 Å². The van der Waals surface area contributed by atoms with E-state index in [2.05, 4.69) is 5.32 Å². The summed E-state index contributed by atoms with van der Waals surface area (Å²) in [5.41, 5.74) is 0.0490. The van der Waals surface area contributed by atoms with Crippen LogP contribution in [-0.4, -0.2) is 26.2 Å². The molecule has 1 aliphatic carbocycles. The van der Waals surface area contributed by atoms with E-state index in [1.54, 1.807) is 0 Å². The lowest BCUT2D eigenvalue weighted by molar-refractivity contribution is 0.0865. The summed E-state index contributed by atoms with van der Waals surface area (Å²) in [5, 5.41) is 3.09. The minimum atomic E-state index is -0.522. The van der Waals surface area contributed by atoms with Gasteiger partial charge in [-0.1, -0.05) is 18.9 Å². The highest BCUT2D eigenvalue weighted by atomic mass is 16.6. The van der Waals surface area contributed by atoms with Crippen LogP contribution < -0.4 is 25.0 Å². The highest BCUT2D eigenvalue weighted by Crippen LogP contribution is 2.42. The van der Waals surface area contributed by atoms with E-state index in [0.29, 0.717) is 24.7 Å². The highest BCUT2D eigenvalue weighted by Gasteiger charge is 2.38. The second kappa shape index (κ2) is 6.98. The average Bonchev–Trinajstić information content (AvgIpc) is 3.17. The standard InChI is InChI=1S/C20H21NO6/c1-24-18-12-27-17(11-14(18)22)19(23)21-20(6-2-3-7-20)13-4-5-15-16(10-13)26-9-8-25-15/h4-5,10-12H,2-3,6-9H2,1H3,(H,21,23). The molecule has 1 N–H and O–H groups in total. The van der Waals surface area contributed by atoms with Crippen molar-refractivity contribution in [3.63, 3.8) is 0 Å². The van der Waals surface area contributed by atoms with Gasteiger partial charge in [0.15, 0.2) is 17.3 Å². The smallest absolute Gasteiger partial charge is 0.287 e. The minimum absolute atomic E-state index is 0.0374. The number of carbonyl (C=O) groups excluding carboxylic acids is 1. The Labute approximate surface area is 156 Å². The average molecular weight is 371 g/mol. The van der Waals surface area contributed by atoms with E-state index in [9.17, 15) is 9.59 Å². The topological polar surface area (TPSA) is 87.0 Å². The first-order valence-corrected chi connectivity index (χ1v) is 9.01. The number of methoxy groups -OCH3 is 1. The van der Waals surface area contributed by atoms with Gasteiger partial charge in [0.1, 0.15) is 19.5 Å². The van der Waals surface area contributed by atoms with Gasteiger partial charge in [-0.2, -0.15) is 0 Å². The van der Waals surface area contributed by atoms with Crippen molar-refractivity contribution in [2.45, 2.75) is 31.2 Å². The highest BCUT2D eigenvalue weighted by molar-refractivity contribution is 5.92. The van der Waals surface area contributed by atoms with Gasteiger partial charge in [0.05, 0.1) is 12.6 Å². The van der Waals surface area contributed by atoms with Gasteiger partial charge < -0.3 is 23.9 Å². The normalized spacial score (nSPS) is 17.4. The molecule has 1 saturated carbocycles. The first-order chi connectivity index (χ1) is 13.1. The van der Waals surface area contributed by atoms with Crippen LogP contribution in [0.2, 0.25) is 0 Å². The first-order valence-electron chi connectivity index (χ1n) is 9.01. The summed E-state index contributed by atoms with van der Waals surface area (Å²) in [5.74, 6) is 1.01. The van der Waals surface area contributed by atoms with Gasteiger partial charge in [0.2, 0.25) is 11.2 Å². The van der Waals surface area contributed by atoms with Crippen LogP contribution in [0.5, 0.6) is 17.2 Å². The SMILES string of the molecule is COc1coc(C(=O)NC2(c3ccc4c(c3)OCCO4)CCCC2)cc1=O. The third-order valence-electron chi connectivity index (χ3n) is 5.15. The van der Waals surface area contributed by atoms with E-state index in [1.807, 2.05) is 18.2 Å². The molecule has 2 aliphatic rings. The number of ether oxygens (including phenoxy) is 3. The fourth-order valence-corrected chi connectivity index (χ4v) is 3.75. The molecule has 7 nitrogen and oxygen atoms in total. The van der Waals surface area contributed by atoms with Crippen LogP contribution in [0.25, 0.3) is 0 Å². The molecule has 7 heteroatoms. The second-order valence-electron chi connectivity index (χ2n) is 6.78. The molecule has 1 aromatic heterocycles. The molecule has 0 atom stereocenters. The Kier molecular flexibility index (Phi) is 4.51. The molecule has 142 valence electrons. The summed E-state index contributed by atoms with van der Waals surface area (Å²) in [4.78, 5) is 24.7. The minimum Gasteiger partial charge on any atom is -0.490 e. The maximum atomic E-state index is 12.8. The van der Waals surface area contributed by atoms with Gasteiger partial charge in [-0.15, -0.1) is 0 Å². The third-order valence-corrected chi connectivity index (χ3v) is 5.15. The molecule has 1 aliphatic heterocycles. The molecular formula is C20H21NO6. The van der Waals surface area contributed by atoms with Crippen LogP contribution in [0.15, 0.2) is 39.7 Å². The van der Waals surface area contributed by atoms with Crippen LogP contribution in [0, 0.1) is 0 Å². The zero-order valence-corrected chi connectivity index (χ0v) is 15.1. The number of nitrogens with one attached hydrogen (secondary N) is 1. The molecule has 1 amide bonds. The van der Waals surface area contributed by atoms with Gasteiger partial charge in [-0.05, 0) is 30.5 Å². The molecule has 1 aromatic carbocycles. The molecule has 0 bridgehead atoms. The molecule has 2 heterocycles. The molecule has 0 radical (unpaired) electrons. The number of carbonyl (C=O) groups is 1. The van der Waals surface area contributed by atoms with E-state index in [0.717, 1.165) is 43.6 Å². The maximum absolute atomic E-state index is 12.8.